The molecule has 0 aromatic heterocycles. The number of urea groups is 1. The van der Waals surface area contributed by atoms with Crippen molar-refractivity contribution in [3.63, 3.8) is 0 Å². The minimum atomic E-state index is -1.04. The number of aliphatic carboxylic acids is 1. The van der Waals surface area contributed by atoms with Crippen molar-refractivity contribution in [1.29, 1.82) is 0 Å². The van der Waals surface area contributed by atoms with Gasteiger partial charge in [0.1, 0.15) is 6.54 Å². The van der Waals surface area contributed by atoms with E-state index in [0.717, 1.165) is 19.4 Å². The van der Waals surface area contributed by atoms with Gasteiger partial charge in [-0.25, -0.2) is 4.79 Å². The molecule has 1 heterocycles. The Balaban J connectivity index is 2.13. The molecule has 0 bridgehead atoms. The van der Waals surface area contributed by atoms with Gasteiger partial charge in [-0.2, -0.15) is 0 Å². The zero-order valence-corrected chi connectivity index (χ0v) is 8.82. The number of rotatable bonds is 4. The fraction of sp³-hybridized carbons (Fsp3) is 0.778. The van der Waals surface area contributed by atoms with Gasteiger partial charge in [-0.3, -0.25) is 4.79 Å². The molecule has 1 fully saturated rings. The van der Waals surface area contributed by atoms with Crippen molar-refractivity contribution in [2.24, 2.45) is 0 Å². The summed E-state index contributed by atoms with van der Waals surface area (Å²) in [5.41, 5.74) is 0. The summed E-state index contributed by atoms with van der Waals surface area (Å²) < 4.78 is 0. The monoisotopic (exact) mass is 215 g/mol. The Labute approximate surface area is 88.6 Å². The molecule has 0 aromatic carbocycles. The van der Waals surface area contributed by atoms with E-state index in [1.807, 2.05) is 7.05 Å². The third-order valence-electron chi connectivity index (χ3n) is 2.57. The molecule has 1 saturated heterocycles. The van der Waals surface area contributed by atoms with Crippen LogP contribution in [0.3, 0.4) is 0 Å². The number of carbonyl (C=O) groups is 2. The van der Waals surface area contributed by atoms with E-state index in [1.54, 1.807) is 0 Å². The number of carboxylic acid groups (broad SMARTS) is 1. The van der Waals surface area contributed by atoms with Crippen molar-refractivity contribution in [3.05, 3.63) is 0 Å². The lowest BCUT2D eigenvalue weighted by Crippen LogP contribution is -2.44. The molecule has 15 heavy (non-hydrogen) atoms. The summed E-state index contributed by atoms with van der Waals surface area (Å²) >= 11 is 0. The van der Waals surface area contributed by atoms with E-state index in [2.05, 4.69) is 15.5 Å². The Hall–Kier alpha value is -1.30. The number of likely N-dealkylation sites (tertiary alicyclic amines) is 1. The van der Waals surface area contributed by atoms with Crippen LogP contribution >= 0.6 is 0 Å². The normalized spacial score (nSPS) is 21.3. The van der Waals surface area contributed by atoms with E-state index in [9.17, 15) is 9.59 Å². The van der Waals surface area contributed by atoms with Crippen molar-refractivity contribution >= 4 is 12.0 Å². The number of hydrogen-bond donors (Lipinski definition) is 3. The van der Waals surface area contributed by atoms with Crippen molar-refractivity contribution in [2.45, 2.75) is 18.9 Å². The molecular formula is C9H17N3O3. The van der Waals surface area contributed by atoms with E-state index in [0.29, 0.717) is 12.6 Å². The minimum absolute atomic E-state index is 0.341. The lowest BCUT2D eigenvalue weighted by molar-refractivity contribution is -0.135. The minimum Gasteiger partial charge on any atom is -0.480 e. The van der Waals surface area contributed by atoms with Crippen LogP contribution in [0.1, 0.15) is 12.8 Å². The molecule has 1 aliphatic rings. The number of amides is 2. The van der Waals surface area contributed by atoms with Gasteiger partial charge in [0, 0.05) is 12.6 Å². The van der Waals surface area contributed by atoms with Crippen molar-refractivity contribution in [3.8, 4) is 0 Å². The van der Waals surface area contributed by atoms with Crippen LogP contribution in [0.5, 0.6) is 0 Å². The highest BCUT2D eigenvalue weighted by Crippen LogP contribution is 2.13. The molecule has 3 N–H and O–H groups in total. The number of carbonyl (C=O) groups excluding carboxylic acids is 1. The number of hydrogen-bond acceptors (Lipinski definition) is 3. The highest BCUT2D eigenvalue weighted by Gasteiger charge is 2.20. The van der Waals surface area contributed by atoms with Gasteiger partial charge in [0.2, 0.25) is 0 Å². The first kappa shape index (κ1) is 11.8. The molecule has 1 aliphatic heterocycles. The predicted molar refractivity (Wildman–Crippen MR) is 54.7 cm³/mol. The second-order valence-electron chi connectivity index (χ2n) is 3.73. The average Bonchev–Trinajstić information content (AvgIpc) is 2.58. The zero-order chi connectivity index (χ0) is 11.3. The Morgan fingerprint density at radius 3 is 2.73 bits per heavy atom. The Kier molecular flexibility index (Phi) is 4.36. The number of nitrogens with zero attached hydrogens (tertiary/aromatic N) is 1. The maximum absolute atomic E-state index is 11.1. The van der Waals surface area contributed by atoms with E-state index in [1.165, 1.54) is 0 Å². The van der Waals surface area contributed by atoms with E-state index in [-0.39, 0.29) is 6.54 Å². The van der Waals surface area contributed by atoms with Gasteiger partial charge < -0.3 is 20.6 Å². The molecule has 1 unspecified atom stereocenters. The lowest BCUT2D eigenvalue weighted by Gasteiger charge is -2.19. The molecule has 0 radical (unpaired) electrons. The van der Waals surface area contributed by atoms with Crippen LogP contribution in [0.4, 0.5) is 4.79 Å². The van der Waals surface area contributed by atoms with Gasteiger partial charge in [-0.05, 0) is 26.4 Å². The Morgan fingerprint density at radius 1 is 1.47 bits per heavy atom. The first-order valence-electron chi connectivity index (χ1n) is 5.03. The summed E-state index contributed by atoms with van der Waals surface area (Å²) in [5.74, 6) is -1.04. The molecule has 2 amide bonds. The summed E-state index contributed by atoms with van der Waals surface area (Å²) in [6.07, 6.45) is 2.23. The topological polar surface area (TPSA) is 81.7 Å². The third-order valence-corrected chi connectivity index (χ3v) is 2.57. The van der Waals surface area contributed by atoms with Crippen LogP contribution in [0, 0.1) is 0 Å². The average molecular weight is 215 g/mol. The van der Waals surface area contributed by atoms with Gasteiger partial charge in [0.05, 0.1) is 0 Å². The van der Waals surface area contributed by atoms with Crippen LogP contribution in [0.15, 0.2) is 0 Å². The van der Waals surface area contributed by atoms with Gasteiger partial charge in [0.25, 0.3) is 0 Å². The van der Waals surface area contributed by atoms with Crippen LogP contribution in [0.25, 0.3) is 0 Å². The van der Waals surface area contributed by atoms with Crippen molar-refractivity contribution < 1.29 is 14.7 Å². The Morgan fingerprint density at radius 2 is 2.20 bits per heavy atom. The predicted octanol–water partition coefficient (Wildman–Crippen LogP) is -0.536. The van der Waals surface area contributed by atoms with Crippen LogP contribution in [0.2, 0.25) is 0 Å². The molecule has 0 aliphatic carbocycles. The molecule has 1 atom stereocenters. The fourth-order valence-corrected chi connectivity index (χ4v) is 1.67. The molecule has 6 nitrogen and oxygen atoms in total. The van der Waals surface area contributed by atoms with Gasteiger partial charge in [-0.1, -0.05) is 0 Å². The van der Waals surface area contributed by atoms with E-state index in [4.69, 9.17) is 5.11 Å². The second kappa shape index (κ2) is 5.55. The summed E-state index contributed by atoms with van der Waals surface area (Å²) in [7, 11) is 2.02. The summed E-state index contributed by atoms with van der Waals surface area (Å²) in [6, 6.07) is -0.0433. The zero-order valence-electron chi connectivity index (χ0n) is 8.82. The quantitative estimate of drug-likeness (QED) is 0.588. The maximum Gasteiger partial charge on any atom is 0.323 e. The second-order valence-corrected chi connectivity index (χ2v) is 3.73. The first-order valence-corrected chi connectivity index (χ1v) is 5.03. The number of nitrogens with one attached hydrogen (secondary N) is 2. The Bertz CT molecular complexity index is 245. The SMILES string of the molecule is CN1CCCC1CNC(=O)NCC(=O)O. The summed E-state index contributed by atoms with van der Waals surface area (Å²) in [6.45, 7) is 1.29. The summed E-state index contributed by atoms with van der Waals surface area (Å²) in [4.78, 5) is 23.5. The van der Waals surface area contributed by atoms with Gasteiger partial charge in [-0.15, -0.1) is 0 Å². The standard InChI is InChI=1S/C9H17N3O3/c1-12-4-2-3-7(12)5-10-9(15)11-6-8(13)14/h7H,2-6H2,1H3,(H,13,14)(H2,10,11,15). The van der Waals surface area contributed by atoms with E-state index < -0.39 is 12.0 Å². The molecule has 1 rings (SSSR count). The largest absolute Gasteiger partial charge is 0.480 e. The van der Waals surface area contributed by atoms with Crippen molar-refractivity contribution in [2.75, 3.05) is 26.7 Å². The molecule has 0 saturated carbocycles. The first-order chi connectivity index (χ1) is 7.09. The molecule has 0 aromatic rings. The maximum atomic E-state index is 11.1. The molecule has 6 heteroatoms. The van der Waals surface area contributed by atoms with Crippen LogP contribution < -0.4 is 10.6 Å². The molecular weight excluding hydrogens is 198 g/mol. The number of carboxylic acids is 1. The highest BCUT2D eigenvalue weighted by atomic mass is 16.4. The molecule has 0 spiro atoms. The molecule has 86 valence electrons. The smallest absolute Gasteiger partial charge is 0.323 e. The van der Waals surface area contributed by atoms with Gasteiger partial charge in [0.15, 0.2) is 0 Å². The van der Waals surface area contributed by atoms with E-state index >= 15 is 0 Å². The third kappa shape index (κ3) is 4.16. The lowest BCUT2D eigenvalue weighted by atomic mass is 10.2. The van der Waals surface area contributed by atoms with Gasteiger partial charge >= 0.3 is 12.0 Å². The highest BCUT2D eigenvalue weighted by molar-refractivity contribution is 5.79. The fourth-order valence-electron chi connectivity index (χ4n) is 1.67. The summed E-state index contributed by atoms with van der Waals surface area (Å²) in [5, 5.41) is 13.2. The van der Waals surface area contributed by atoms with Crippen LogP contribution in [-0.4, -0.2) is 54.7 Å². The van der Waals surface area contributed by atoms with Crippen molar-refractivity contribution in [1.82, 2.24) is 15.5 Å². The van der Waals surface area contributed by atoms with Crippen LogP contribution in [-0.2, 0) is 4.79 Å². The number of likely N-dealkylation sites (N-methyl/N-ethyl adjacent to an activating group) is 1.